The zero-order valence-electron chi connectivity index (χ0n) is 12.6. The summed E-state index contributed by atoms with van der Waals surface area (Å²) in [5.41, 5.74) is 0.776. The molecule has 0 aliphatic rings. The summed E-state index contributed by atoms with van der Waals surface area (Å²) in [6.07, 6.45) is -0.0107. The molecule has 3 nitrogen and oxygen atoms in total. The molecular formula is C15H24FNO2. The fourth-order valence-corrected chi connectivity index (χ4v) is 1.27. The van der Waals surface area contributed by atoms with E-state index in [1.165, 1.54) is 19.9 Å². The van der Waals surface area contributed by atoms with Gasteiger partial charge in [-0.15, -0.1) is 0 Å². The highest BCUT2D eigenvalue weighted by Gasteiger charge is 2.06. The van der Waals surface area contributed by atoms with Gasteiger partial charge < -0.3 is 14.8 Å². The molecule has 0 unspecified atom stereocenters. The molecule has 0 fully saturated rings. The molecule has 4 heteroatoms. The van der Waals surface area contributed by atoms with Crippen LogP contribution in [0.25, 0.3) is 0 Å². The third-order valence-electron chi connectivity index (χ3n) is 1.75. The zero-order valence-corrected chi connectivity index (χ0v) is 12.6. The fraction of sp³-hybridized carbons (Fsp3) is 0.533. The van der Waals surface area contributed by atoms with Crippen LogP contribution < -0.4 is 10.1 Å². The van der Waals surface area contributed by atoms with E-state index in [2.05, 4.69) is 5.32 Å². The summed E-state index contributed by atoms with van der Waals surface area (Å²) in [5, 5.41) is 3.13. The molecule has 0 spiro atoms. The molecule has 0 aliphatic carbocycles. The van der Waals surface area contributed by atoms with Gasteiger partial charge in [0.05, 0.1) is 6.10 Å². The Hall–Kier alpha value is -1.58. The minimum atomic E-state index is -0.325. The summed E-state index contributed by atoms with van der Waals surface area (Å²) in [6, 6.07) is 5.22. The number of nitrogens with one attached hydrogen (secondary N) is 1. The average molecular weight is 269 g/mol. The first kappa shape index (κ1) is 17.4. The zero-order chi connectivity index (χ0) is 15.0. The van der Waals surface area contributed by atoms with Gasteiger partial charge in [0.2, 0.25) is 0 Å². The van der Waals surface area contributed by atoms with Gasteiger partial charge in [0.25, 0.3) is 0 Å². The van der Waals surface area contributed by atoms with Crippen molar-refractivity contribution in [2.75, 3.05) is 5.32 Å². The van der Waals surface area contributed by atoms with Crippen molar-refractivity contribution in [3.05, 3.63) is 24.0 Å². The number of anilines is 1. The van der Waals surface area contributed by atoms with Crippen molar-refractivity contribution in [2.45, 2.75) is 53.7 Å². The summed E-state index contributed by atoms with van der Waals surface area (Å²) in [7, 11) is 0. The minimum Gasteiger partial charge on any atom is -0.488 e. The molecule has 1 aromatic carbocycles. The molecule has 0 aliphatic heterocycles. The van der Waals surface area contributed by atoms with Crippen molar-refractivity contribution in [3.63, 3.8) is 0 Å². The topological polar surface area (TPSA) is 38.3 Å². The summed E-state index contributed by atoms with van der Waals surface area (Å²) in [4.78, 5) is 9.44. The molecule has 1 rings (SSSR count). The molecule has 1 N–H and O–H groups in total. The van der Waals surface area contributed by atoms with Gasteiger partial charge in [-0.2, -0.15) is 0 Å². The van der Waals surface area contributed by atoms with Gasteiger partial charge in [0, 0.05) is 17.8 Å². The Morgan fingerprint density at radius 2 is 1.74 bits per heavy atom. The number of ether oxygens (including phenoxy) is 1. The third-order valence-corrected chi connectivity index (χ3v) is 1.75. The second kappa shape index (κ2) is 8.51. The highest BCUT2D eigenvalue weighted by Crippen LogP contribution is 2.22. The van der Waals surface area contributed by atoms with Crippen LogP contribution in [-0.4, -0.2) is 17.9 Å². The van der Waals surface area contributed by atoms with Gasteiger partial charge >= 0.3 is 0 Å². The van der Waals surface area contributed by atoms with Gasteiger partial charge in [0.15, 0.2) is 11.6 Å². The monoisotopic (exact) mass is 269 g/mol. The van der Waals surface area contributed by atoms with Crippen LogP contribution in [0.5, 0.6) is 5.75 Å². The second-order valence-corrected chi connectivity index (χ2v) is 5.02. The van der Waals surface area contributed by atoms with Crippen molar-refractivity contribution in [1.29, 1.82) is 0 Å². The maximum Gasteiger partial charge on any atom is 0.167 e. The third kappa shape index (κ3) is 9.05. The van der Waals surface area contributed by atoms with Crippen LogP contribution in [0.4, 0.5) is 10.1 Å². The molecule has 1 aromatic rings. The molecule has 0 amide bonds. The molecule has 0 atom stereocenters. The summed E-state index contributed by atoms with van der Waals surface area (Å²) in [6.45, 7) is 10.8. The molecule has 0 saturated heterocycles. The van der Waals surface area contributed by atoms with Crippen molar-refractivity contribution < 1.29 is 13.9 Å². The molecule has 0 heterocycles. The van der Waals surface area contributed by atoms with E-state index in [1.807, 2.05) is 33.8 Å². The molecular weight excluding hydrogens is 245 g/mol. The molecule has 0 saturated carbocycles. The first-order chi connectivity index (χ1) is 8.72. The molecule has 19 heavy (non-hydrogen) atoms. The lowest BCUT2D eigenvalue weighted by Gasteiger charge is -2.13. The Balaban J connectivity index is 0.000000711. The molecule has 108 valence electrons. The molecule has 0 bridgehead atoms. The summed E-state index contributed by atoms with van der Waals surface area (Å²) < 4.78 is 18.8. The predicted molar refractivity (Wildman–Crippen MR) is 77.3 cm³/mol. The lowest BCUT2D eigenvalue weighted by atomic mass is 10.2. The number of Topliss-reactive ketones (excluding diaryl/α,β-unsaturated/α-hetero) is 1. The van der Waals surface area contributed by atoms with Crippen LogP contribution >= 0.6 is 0 Å². The van der Waals surface area contributed by atoms with Crippen molar-refractivity contribution in [3.8, 4) is 5.75 Å². The van der Waals surface area contributed by atoms with Gasteiger partial charge in [-0.25, -0.2) is 4.39 Å². The highest BCUT2D eigenvalue weighted by molar-refractivity contribution is 5.72. The predicted octanol–water partition coefficient (Wildman–Crippen LogP) is 4.03. The largest absolute Gasteiger partial charge is 0.488 e. The normalized spacial score (nSPS) is 9.95. The van der Waals surface area contributed by atoms with Crippen molar-refractivity contribution in [2.24, 2.45) is 0 Å². The first-order valence-corrected chi connectivity index (χ1v) is 6.42. The smallest absolute Gasteiger partial charge is 0.167 e. The highest BCUT2D eigenvalue weighted by atomic mass is 19.1. The van der Waals surface area contributed by atoms with E-state index < -0.39 is 0 Å². The van der Waals surface area contributed by atoms with Crippen LogP contribution in [-0.2, 0) is 4.79 Å². The SMILES string of the molecule is CC(C)=O.CC(C)Nc1ccc(OC(C)C)c(F)c1. The average Bonchev–Trinajstić information content (AvgIpc) is 2.19. The Labute approximate surface area is 115 Å². The molecule has 0 radical (unpaired) electrons. The summed E-state index contributed by atoms with van der Waals surface area (Å²) in [5.74, 6) is 0.147. The number of carbonyl (C=O) groups is 1. The van der Waals surface area contributed by atoms with E-state index in [0.717, 1.165) is 5.69 Å². The van der Waals surface area contributed by atoms with E-state index >= 15 is 0 Å². The van der Waals surface area contributed by atoms with Crippen LogP contribution in [0.2, 0.25) is 0 Å². The van der Waals surface area contributed by atoms with Crippen LogP contribution in [0.15, 0.2) is 18.2 Å². The van der Waals surface area contributed by atoms with Crippen molar-refractivity contribution >= 4 is 11.5 Å². The van der Waals surface area contributed by atoms with E-state index in [4.69, 9.17) is 4.74 Å². The maximum atomic E-state index is 13.5. The Kier molecular flexibility index (Phi) is 7.80. The lowest BCUT2D eigenvalue weighted by molar-refractivity contribution is -0.114. The van der Waals surface area contributed by atoms with Crippen LogP contribution in [0, 0.1) is 5.82 Å². The maximum absolute atomic E-state index is 13.5. The fourth-order valence-electron chi connectivity index (χ4n) is 1.27. The standard InChI is InChI=1S/C12H18FNO.C3H6O/c1-8(2)14-10-5-6-12(11(13)7-10)15-9(3)4;1-3(2)4/h5-9,14H,1-4H3;1-2H3. The van der Waals surface area contributed by atoms with E-state index in [9.17, 15) is 9.18 Å². The first-order valence-electron chi connectivity index (χ1n) is 6.42. The van der Waals surface area contributed by atoms with E-state index in [-0.39, 0.29) is 17.7 Å². The van der Waals surface area contributed by atoms with Gasteiger partial charge in [-0.3, -0.25) is 0 Å². The van der Waals surface area contributed by atoms with Crippen LogP contribution in [0.3, 0.4) is 0 Å². The Morgan fingerprint density at radius 1 is 1.21 bits per heavy atom. The van der Waals surface area contributed by atoms with E-state index in [0.29, 0.717) is 11.8 Å². The Bertz CT molecular complexity index is 399. The Morgan fingerprint density at radius 3 is 2.11 bits per heavy atom. The van der Waals surface area contributed by atoms with Gasteiger partial charge in [0.1, 0.15) is 5.78 Å². The summed E-state index contributed by atoms with van der Waals surface area (Å²) >= 11 is 0. The minimum absolute atomic E-state index is 0.0107. The second-order valence-electron chi connectivity index (χ2n) is 5.02. The number of hydrogen-bond acceptors (Lipinski definition) is 3. The van der Waals surface area contributed by atoms with Crippen molar-refractivity contribution in [1.82, 2.24) is 0 Å². The van der Waals surface area contributed by atoms with Gasteiger partial charge in [-0.05, 0) is 53.7 Å². The van der Waals surface area contributed by atoms with Gasteiger partial charge in [-0.1, -0.05) is 0 Å². The van der Waals surface area contributed by atoms with Crippen LogP contribution in [0.1, 0.15) is 41.5 Å². The number of carbonyl (C=O) groups excluding carboxylic acids is 1. The number of benzene rings is 1. The number of hydrogen-bond donors (Lipinski definition) is 1. The van der Waals surface area contributed by atoms with E-state index in [1.54, 1.807) is 6.07 Å². The lowest BCUT2D eigenvalue weighted by Crippen LogP contribution is -2.11. The number of rotatable bonds is 4. The number of ketones is 1. The number of halogens is 1. The quantitative estimate of drug-likeness (QED) is 0.897. The molecule has 0 aromatic heterocycles.